The lowest BCUT2D eigenvalue weighted by atomic mass is 10.3. The first kappa shape index (κ1) is 17.2. The minimum Gasteiger partial charge on any atom is -0.439 e. The number of amides is 3. The first-order chi connectivity index (χ1) is 11.4. The summed E-state index contributed by atoms with van der Waals surface area (Å²) in [6.45, 7) is -0.0992. The van der Waals surface area contributed by atoms with E-state index in [1.807, 2.05) is 0 Å². The maximum atomic E-state index is 12.8. The number of carbonyl (C=O) groups excluding carboxylic acids is 2. The molecule has 0 bridgehead atoms. The summed E-state index contributed by atoms with van der Waals surface area (Å²) in [5.74, 6) is 0.180. The molecule has 1 aromatic carbocycles. The molecular formula is C16H17FN4O3. The average Bonchev–Trinajstić information content (AvgIpc) is 2.56. The molecule has 1 heterocycles. The molecule has 0 aliphatic rings. The minimum atomic E-state index is -0.515. The number of nitrogens with zero attached hydrogens (tertiary/aromatic N) is 2. The van der Waals surface area contributed by atoms with E-state index in [4.69, 9.17) is 4.74 Å². The number of likely N-dealkylation sites (N-methyl/N-ethyl adjacent to an activating group) is 1. The van der Waals surface area contributed by atoms with Crippen LogP contribution < -0.4 is 15.4 Å². The predicted octanol–water partition coefficient (Wildman–Crippen LogP) is 2.22. The van der Waals surface area contributed by atoms with Crippen LogP contribution in [0.5, 0.6) is 11.6 Å². The third-order valence-corrected chi connectivity index (χ3v) is 2.93. The number of ether oxygens (including phenoxy) is 1. The van der Waals surface area contributed by atoms with Crippen molar-refractivity contribution in [2.45, 2.75) is 0 Å². The van der Waals surface area contributed by atoms with Crippen molar-refractivity contribution in [1.82, 2.24) is 15.2 Å². The molecule has 8 heteroatoms. The maximum absolute atomic E-state index is 12.8. The van der Waals surface area contributed by atoms with Gasteiger partial charge in [0.15, 0.2) is 0 Å². The molecule has 0 fully saturated rings. The van der Waals surface area contributed by atoms with Gasteiger partial charge in [0.05, 0.1) is 18.4 Å². The molecule has 2 rings (SSSR count). The predicted molar refractivity (Wildman–Crippen MR) is 86.4 cm³/mol. The molecule has 0 aliphatic heterocycles. The first-order valence-corrected chi connectivity index (χ1v) is 7.08. The Kier molecular flexibility index (Phi) is 5.67. The Balaban J connectivity index is 1.86. The van der Waals surface area contributed by atoms with Crippen molar-refractivity contribution in [3.05, 3.63) is 48.4 Å². The number of halogens is 1. The van der Waals surface area contributed by atoms with Crippen molar-refractivity contribution in [3.8, 4) is 11.6 Å². The number of benzene rings is 1. The molecule has 2 aromatic rings. The summed E-state index contributed by atoms with van der Waals surface area (Å²) in [6, 6.07) is 8.17. The fourth-order valence-electron chi connectivity index (χ4n) is 1.63. The van der Waals surface area contributed by atoms with Gasteiger partial charge in [-0.05, 0) is 30.3 Å². The van der Waals surface area contributed by atoms with Crippen LogP contribution in [-0.2, 0) is 4.79 Å². The van der Waals surface area contributed by atoms with E-state index in [1.54, 1.807) is 26.2 Å². The summed E-state index contributed by atoms with van der Waals surface area (Å²) in [6.07, 6.45) is 1.41. The lowest BCUT2D eigenvalue weighted by Gasteiger charge is -2.11. The zero-order valence-electron chi connectivity index (χ0n) is 13.2. The summed E-state index contributed by atoms with van der Waals surface area (Å²) in [5, 5.41) is 4.98. The number of pyridine rings is 1. The van der Waals surface area contributed by atoms with Crippen LogP contribution >= 0.6 is 0 Å². The van der Waals surface area contributed by atoms with Gasteiger partial charge in [0.1, 0.15) is 11.6 Å². The number of carbonyl (C=O) groups is 2. The van der Waals surface area contributed by atoms with E-state index in [0.29, 0.717) is 17.3 Å². The van der Waals surface area contributed by atoms with E-state index in [1.165, 1.54) is 35.4 Å². The number of aromatic nitrogens is 1. The van der Waals surface area contributed by atoms with Gasteiger partial charge in [-0.3, -0.25) is 4.79 Å². The second-order valence-corrected chi connectivity index (χ2v) is 5.04. The number of hydrogen-bond acceptors (Lipinski definition) is 4. The Morgan fingerprint density at radius 1 is 1.17 bits per heavy atom. The summed E-state index contributed by atoms with van der Waals surface area (Å²) in [5.41, 5.74) is 0.441. The molecule has 0 saturated carbocycles. The van der Waals surface area contributed by atoms with Gasteiger partial charge in [0.25, 0.3) is 0 Å². The number of hydrogen-bond donors (Lipinski definition) is 2. The molecule has 0 atom stereocenters. The summed E-state index contributed by atoms with van der Waals surface area (Å²) in [4.78, 5) is 28.4. The van der Waals surface area contributed by atoms with Crippen LogP contribution in [0.15, 0.2) is 42.6 Å². The van der Waals surface area contributed by atoms with E-state index in [0.717, 1.165) is 0 Å². The third kappa shape index (κ3) is 5.24. The Morgan fingerprint density at radius 3 is 2.46 bits per heavy atom. The number of nitrogens with one attached hydrogen (secondary N) is 2. The molecule has 1 aromatic heterocycles. The smallest absolute Gasteiger partial charge is 0.319 e. The van der Waals surface area contributed by atoms with E-state index in [2.05, 4.69) is 15.6 Å². The molecule has 24 heavy (non-hydrogen) atoms. The minimum absolute atomic E-state index is 0.0992. The van der Waals surface area contributed by atoms with E-state index in [-0.39, 0.29) is 18.3 Å². The highest BCUT2D eigenvalue weighted by atomic mass is 19.1. The van der Waals surface area contributed by atoms with Crippen molar-refractivity contribution in [2.24, 2.45) is 0 Å². The van der Waals surface area contributed by atoms with E-state index < -0.39 is 6.03 Å². The zero-order valence-corrected chi connectivity index (χ0v) is 13.2. The number of urea groups is 1. The van der Waals surface area contributed by atoms with Gasteiger partial charge >= 0.3 is 6.03 Å². The molecule has 3 amide bonds. The quantitative estimate of drug-likeness (QED) is 0.879. The van der Waals surface area contributed by atoms with Gasteiger partial charge in [0.2, 0.25) is 11.8 Å². The Bertz CT molecular complexity index is 702. The van der Waals surface area contributed by atoms with E-state index >= 15 is 0 Å². The van der Waals surface area contributed by atoms with Crippen LogP contribution in [0.1, 0.15) is 0 Å². The molecule has 0 saturated heterocycles. The van der Waals surface area contributed by atoms with Gasteiger partial charge in [-0.15, -0.1) is 0 Å². The lowest BCUT2D eigenvalue weighted by Crippen LogP contribution is -2.38. The molecule has 126 valence electrons. The van der Waals surface area contributed by atoms with Crippen molar-refractivity contribution >= 4 is 17.6 Å². The highest BCUT2D eigenvalue weighted by Crippen LogP contribution is 2.20. The average molecular weight is 332 g/mol. The maximum Gasteiger partial charge on any atom is 0.319 e. The van der Waals surface area contributed by atoms with Crippen molar-refractivity contribution in [3.63, 3.8) is 0 Å². The monoisotopic (exact) mass is 332 g/mol. The normalized spacial score (nSPS) is 9.96. The van der Waals surface area contributed by atoms with Gasteiger partial charge in [-0.25, -0.2) is 14.2 Å². The highest BCUT2D eigenvalue weighted by molar-refractivity contribution is 5.92. The summed E-state index contributed by atoms with van der Waals surface area (Å²) in [7, 11) is 3.21. The van der Waals surface area contributed by atoms with Crippen LogP contribution in [0.2, 0.25) is 0 Å². The topological polar surface area (TPSA) is 83.6 Å². The second kappa shape index (κ2) is 7.91. The van der Waals surface area contributed by atoms with Crippen molar-refractivity contribution in [1.29, 1.82) is 0 Å². The SMILES string of the molecule is CN(C)C(=O)CNC(=O)Nc1ccc(Oc2ccc(F)cc2)nc1. The van der Waals surface area contributed by atoms with Crippen molar-refractivity contribution in [2.75, 3.05) is 26.0 Å². The summed E-state index contributed by atoms with van der Waals surface area (Å²) >= 11 is 0. The fraction of sp³-hybridized carbons (Fsp3) is 0.188. The van der Waals surface area contributed by atoms with Gasteiger partial charge < -0.3 is 20.3 Å². The molecule has 7 nitrogen and oxygen atoms in total. The largest absolute Gasteiger partial charge is 0.439 e. The van der Waals surface area contributed by atoms with Crippen LogP contribution in [0.25, 0.3) is 0 Å². The molecular weight excluding hydrogens is 315 g/mol. The van der Waals surface area contributed by atoms with Crippen LogP contribution in [0.4, 0.5) is 14.9 Å². The first-order valence-electron chi connectivity index (χ1n) is 7.08. The molecule has 0 radical (unpaired) electrons. The standard InChI is InChI=1S/C16H17FN4O3/c1-21(2)15(22)10-19-16(23)20-12-5-8-14(18-9-12)24-13-6-3-11(17)4-7-13/h3-9H,10H2,1-2H3,(H2,19,20,23). The molecule has 2 N–H and O–H groups in total. The van der Waals surface area contributed by atoms with E-state index in [9.17, 15) is 14.0 Å². The number of anilines is 1. The Labute approximate surface area is 138 Å². The van der Waals surface area contributed by atoms with Gasteiger partial charge in [-0.2, -0.15) is 0 Å². The molecule has 0 unspecified atom stereocenters. The highest BCUT2D eigenvalue weighted by Gasteiger charge is 2.07. The third-order valence-electron chi connectivity index (χ3n) is 2.93. The van der Waals surface area contributed by atoms with Crippen LogP contribution in [0.3, 0.4) is 0 Å². The van der Waals surface area contributed by atoms with Crippen molar-refractivity contribution < 1.29 is 18.7 Å². The zero-order chi connectivity index (χ0) is 17.5. The van der Waals surface area contributed by atoms with Gasteiger partial charge in [0, 0.05) is 20.2 Å². The Morgan fingerprint density at radius 2 is 1.88 bits per heavy atom. The molecule has 0 spiro atoms. The Hall–Kier alpha value is -3.16. The van der Waals surface area contributed by atoms with Crippen LogP contribution in [-0.4, -0.2) is 42.5 Å². The molecule has 0 aliphatic carbocycles. The lowest BCUT2D eigenvalue weighted by molar-refractivity contribution is -0.127. The van der Waals surface area contributed by atoms with Crippen LogP contribution in [0, 0.1) is 5.82 Å². The summed E-state index contributed by atoms with van der Waals surface area (Å²) < 4.78 is 18.3. The number of rotatable bonds is 5. The second-order valence-electron chi connectivity index (χ2n) is 5.04. The van der Waals surface area contributed by atoms with Gasteiger partial charge in [-0.1, -0.05) is 0 Å². The fourth-order valence-corrected chi connectivity index (χ4v) is 1.63.